The maximum Gasteiger partial charge on any atom is 0.295 e. The van der Waals surface area contributed by atoms with Crippen LogP contribution < -0.4 is 5.32 Å². The lowest BCUT2D eigenvalue weighted by molar-refractivity contribution is -0.384. The lowest BCUT2D eigenvalue weighted by atomic mass is 10.0. The number of nitrogens with one attached hydrogen (secondary N) is 1. The van der Waals surface area contributed by atoms with Crippen molar-refractivity contribution in [2.45, 2.75) is 26.7 Å². The summed E-state index contributed by atoms with van der Waals surface area (Å²) in [6.07, 6.45) is 1.86. The Hall–Kier alpha value is -2.43. The van der Waals surface area contributed by atoms with Gasteiger partial charge in [-0.25, -0.2) is 4.98 Å². The highest BCUT2D eigenvalue weighted by Crippen LogP contribution is 2.30. The lowest BCUT2D eigenvalue weighted by Crippen LogP contribution is -2.04. The second kappa shape index (κ2) is 6.83. The summed E-state index contributed by atoms with van der Waals surface area (Å²) >= 11 is 0. The van der Waals surface area contributed by atoms with Crippen LogP contribution in [0.25, 0.3) is 11.3 Å². The Labute approximate surface area is 124 Å². The summed E-state index contributed by atoms with van der Waals surface area (Å²) in [5.74, 6) is 0.666. The van der Waals surface area contributed by atoms with Gasteiger partial charge in [0.2, 0.25) is 0 Å². The van der Waals surface area contributed by atoms with Crippen LogP contribution in [-0.4, -0.2) is 16.5 Å². The molecule has 5 nitrogen and oxygen atoms in total. The highest BCUT2D eigenvalue weighted by Gasteiger charge is 2.17. The first-order chi connectivity index (χ1) is 10.2. The van der Waals surface area contributed by atoms with Crippen molar-refractivity contribution in [2.75, 3.05) is 11.9 Å². The number of anilines is 1. The summed E-state index contributed by atoms with van der Waals surface area (Å²) in [5, 5.41) is 14.4. The molecule has 0 amide bonds. The molecule has 0 aliphatic rings. The van der Waals surface area contributed by atoms with Crippen LogP contribution in [0.15, 0.2) is 36.4 Å². The molecule has 0 saturated heterocycles. The van der Waals surface area contributed by atoms with E-state index in [2.05, 4.69) is 24.1 Å². The molecule has 0 spiro atoms. The van der Waals surface area contributed by atoms with Gasteiger partial charge in [-0.05, 0) is 30.5 Å². The van der Waals surface area contributed by atoms with Crippen molar-refractivity contribution in [1.29, 1.82) is 0 Å². The van der Waals surface area contributed by atoms with E-state index in [1.54, 1.807) is 6.07 Å². The molecule has 110 valence electrons. The molecular weight excluding hydrogens is 266 g/mol. The van der Waals surface area contributed by atoms with Gasteiger partial charge in [0.1, 0.15) is 5.82 Å². The third kappa shape index (κ3) is 3.56. The zero-order valence-electron chi connectivity index (χ0n) is 12.3. The summed E-state index contributed by atoms with van der Waals surface area (Å²) < 4.78 is 0. The van der Waals surface area contributed by atoms with Crippen LogP contribution in [0, 0.1) is 10.1 Å². The predicted molar refractivity (Wildman–Crippen MR) is 84.5 cm³/mol. The van der Waals surface area contributed by atoms with Crippen molar-refractivity contribution >= 4 is 11.5 Å². The van der Waals surface area contributed by atoms with Crippen LogP contribution in [0.4, 0.5) is 11.5 Å². The topological polar surface area (TPSA) is 68.1 Å². The molecule has 0 fully saturated rings. The van der Waals surface area contributed by atoms with E-state index in [9.17, 15) is 10.1 Å². The molecular formula is C16H19N3O2. The van der Waals surface area contributed by atoms with Crippen molar-refractivity contribution in [2.24, 2.45) is 0 Å². The van der Waals surface area contributed by atoms with E-state index in [1.807, 2.05) is 24.3 Å². The van der Waals surface area contributed by atoms with Gasteiger partial charge in [0.15, 0.2) is 5.69 Å². The fraction of sp³-hybridized carbons (Fsp3) is 0.312. The fourth-order valence-corrected chi connectivity index (χ4v) is 2.10. The average molecular weight is 285 g/mol. The van der Waals surface area contributed by atoms with E-state index in [0.29, 0.717) is 11.5 Å². The number of hydrogen-bond donors (Lipinski definition) is 1. The second-order valence-electron chi connectivity index (χ2n) is 4.80. The molecule has 0 aliphatic carbocycles. The second-order valence-corrected chi connectivity index (χ2v) is 4.80. The minimum atomic E-state index is -0.384. The van der Waals surface area contributed by atoms with Crippen LogP contribution in [0.2, 0.25) is 0 Å². The SMILES string of the molecule is CCCNc1ccc([N+](=O)[O-])c(-c2cccc(CC)c2)n1. The Morgan fingerprint density at radius 1 is 1.24 bits per heavy atom. The maximum atomic E-state index is 11.2. The third-order valence-corrected chi connectivity index (χ3v) is 3.24. The first-order valence-corrected chi connectivity index (χ1v) is 7.14. The number of pyridine rings is 1. The number of nitrogens with zero attached hydrogens (tertiary/aromatic N) is 2. The lowest BCUT2D eigenvalue weighted by Gasteiger charge is -2.08. The summed E-state index contributed by atoms with van der Waals surface area (Å²) in [7, 11) is 0. The standard InChI is InChI=1S/C16H19N3O2/c1-3-10-17-15-9-8-14(19(20)21)16(18-15)13-7-5-6-12(4-2)11-13/h5-9,11H,3-4,10H2,1-2H3,(H,17,18). The quantitative estimate of drug-likeness (QED) is 0.642. The van der Waals surface area contributed by atoms with E-state index in [-0.39, 0.29) is 10.6 Å². The minimum Gasteiger partial charge on any atom is -0.370 e. The van der Waals surface area contributed by atoms with Gasteiger partial charge in [0.05, 0.1) is 4.92 Å². The van der Waals surface area contributed by atoms with Gasteiger partial charge in [-0.2, -0.15) is 0 Å². The van der Waals surface area contributed by atoms with Crippen molar-refractivity contribution in [1.82, 2.24) is 4.98 Å². The fourth-order valence-electron chi connectivity index (χ4n) is 2.10. The van der Waals surface area contributed by atoms with E-state index in [0.717, 1.165) is 30.5 Å². The van der Waals surface area contributed by atoms with Gasteiger partial charge < -0.3 is 5.32 Å². The molecule has 0 atom stereocenters. The third-order valence-electron chi connectivity index (χ3n) is 3.24. The van der Waals surface area contributed by atoms with Gasteiger partial charge in [0.25, 0.3) is 5.69 Å². The van der Waals surface area contributed by atoms with Gasteiger partial charge in [-0.15, -0.1) is 0 Å². The zero-order valence-corrected chi connectivity index (χ0v) is 12.3. The molecule has 1 aromatic heterocycles. The largest absolute Gasteiger partial charge is 0.370 e. The van der Waals surface area contributed by atoms with Crippen LogP contribution in [0.1, 0.15) is 25.8 Å². The number of aryl methyl sites for hydroxylation is 1. The zero-order chi connectivity index (χ0) is 15.2. The molecule has 1 N–H and O–H groups in total. The first-order valence-electron chi connectivity index (χ1n) is 7.14. The molecule has 2 rings (SSSR count). The Balaban J connectivity index is 2.49. The molecule has 1 heterocycles. The van der Waals surface area contributed by atoms with Gasteiger partial charge in [0, 0.05) is 18.2 Å². The van der Waals surface area contributed by atoms with Crippen LogP contribution in [0.5, 0.6) is 0 Å². The maximum absolute atomic E-state index is 11.2. The molecule has 5 heteroatoms. The molecule has 0 bridgehead atoms. The Morgan fingerprint density at radius 3 is 2.71 bits per heavy atom. The summed E-state index contributed by atoms with van der Waals surface area (Å²) in [4.78, 5) is 15.3. The average Bonchev–Trinajstić information content (AvgIpc) is 2.52. The Bertz CT molecular complexity index is 641. The summed E-state index contributed by atoms with van der Waals surface area (Å²) in [6, 6.07) is 10.9. The normalized spacial score (nSPS) is 10.4. The number of benzene rings is 1. The Morgan fingerprint density at radius 2 is 2.05 bits per heavy atom. The van der Waals surface area contributed by atoms with Crippen LogP contribution in [0.3, 0.4) is 0 Å². The van der Waals surface area contributed by atoms with Crippen LogP contribution in [-0.2, 0) is 6.42 Å². The minimum absolute atomic E-state index is 0.0327. The first kappa shape index (κ1) is 15.0. The Kier molecular flexibility index (Phi) is 4.87. The highest BCUT2D eigenvalue weighted by molar-refractivity contribution is 5.71. The molecule has 1 aromatic carbocycles. The van der Waals surface area contributed by atoms with Crippen molar-refractivity contribution in [3.8, 4) is 11.3 Å². The van der Waals surface area contributed by atoms with Gasteiger partial charge in [-0.3, -0.25) is 10.1 Å². The smallest absolute Gasteiger partial charge is 0.295 e. The molecule has 21 heavy (non-hydrogen) atoms. The number of rotatable bonds is 6. The van der Waals surface area contributed by atoms with Crippen LogP contribution >= 0.6 is 0 Å². The van der Waals surface area contributed by atoms with Crippen molar-refractivity contribution in [3.63, 3.8) is 0 Å². The molecule has 0 saturated carbocycles. The summed E-state index contributed by atoms with van der Waals surface area (Å²) in [5.41, 5.74) is 2.36. The van der Waals surface area contributed by atoms with Crippen molar-refractivity contribution < 1.29 is 4.92 Å². The van der Waals surface area contributed by atoms with E-state index < -0.39 is 0 Å². The van der Waals surface area contributed by atoms with E-state index in [1.165, 1.54) is 6.07 Å². The van der Waals surface area contributed by atoms with E-state index in [4.69, 9.17) is 0 Å². The number of hydrogen-bond acceptors (Lipinski definition) is 4. The monoisotopic (exact) mass is 285 g/mol. The van der Waals surface area contributed by atoms with Gasteiger partial charge in [-0.1, -0.05) is 32.0 Å². The molecule has 0 unspecified atom stereocenters. The molecule has 2 aromatic rings. The summed E-state index contributed by atoms with van der Waals surface area (Å²) in [6.45, 7) is 4.91. The number of nitro groups is 1. The molecule has 0 radical (unpaired) electrons. The molecule has 0 aliphatic heterocycles. The predicted octanol–water partition coefficient (Wildman–Crippen LogP) is 4.04. The highest BCUT2D eigenvalue weighted by atomic mass is 16.6. The van der Waals surface area contributed by atoms with Gasteiger partial charge >= 0.3 is 0 Å². The van der Waals surface area contributed by atoms with E-state index >= 15 is 0 Å². The number of aromatic nitrogens is 1. The van der Waals surface area contributed by atoms with Crippen molar-refractivity contribution in [3.05, 3.63) is 52.1 Å².